The van der Waals surface area contributed by atoms with Crippen LogP contribution in [0.2, 0.25) is 0 Å². The molecule has 1 fully saturated rings. The second kappa shape index (κ2) is 6.55. The van der Waals surface area contributed by atoms with Crippen molar-refractivity contribution in [1.82, 2.24) is 4.98 Å². The summed E-state index contributed by atoms with van der Waals surface area (Å²) in [6, 6.07) is 5.29. The zero-order valence-electron chi connectivity index (χ0n) is 12.2. The number of aryl methyl sites for hydroxylation is 1. The van der Waals surface area contributed by atoms with Crippen LogP contribution in [0.3, 0.4) is 0 Å². The summed E-state index contributed by atoms with van der Waals surface area (Å²) in [6.45, 7) is 5.12. The molecule has 112 valence electrons. The van der Waals surface area contributed by atoms with Crippen LogP contribution in [-0.4, -0.2) is 41.9 Å². The van der Waals surface area contributed by atoms with Gasteiger partial charge in [-0.05, 0) is 25.5 Å². The average Bonchev–Trinajstić information content (AvgIpc) is 2.93. The number of anilines is 1. The monoisotopic (exact) mass is 289 g/mol. The summed E-state index contributed by atoms with van der Waals surface area (Å²) in [7, 11) is 0. The van der Waals surface area contributed by atoms with Gasteiger partial charge in [0.2, 0.25) is 0 Å². The normalized spacial score (nSPS) is 21.0. The van der Waals surface area contributed by atoms with E-state index in [9.17, 15) is 9.90 Å². The molecule has 1 saturated heterocycles. The van der Waals surface area contributed by atoms with Crippen LogP contribution in [0.25, 0.3) is 0 Å². The number of carboxylic acid groups (broad SMARTS) is 1. The van der Waals surface area contributed by atoms with Crippen molar-refractivity contribution in [2.24, 2.45) is 5.92 Å². The van der Waals surface area contributed by atoms with Crippen molar-refractivity contribution in [2.75, 3.05) is 24.7 Å². The molecule has 2 heterocycles. The van der Waals surface area contributed by atoms with E-state index in [1.165, 1.54) is 0 Å². The minimum Gasteiger partial charge on any atom is -0.481 e. The lowest BCUT2D eigenvalue weighted by atomic mass is 10.0. The average molecular weight is 289 g/mol. The molecule has 1 N–H and O–H groups in total. The quantitative estimate of drug-likeness (QED) is 0.885. The first-order valence-electron chi connectivity index (χ1n) is 7.02. The van der Waals surface area contributed by atoms with Crippen LogP contribution >= 0.6 is 0 Å². The van der Waals surface area contributed by atoms with Crippen LogP contribution in [-0.2, 0) is 9.53 Å². The summed E-state index contributed by atoms with van der Waals surface area (Å²) in [4.78, 5) is 17.8. The number of nitrogens with zero attached hydrogens (tertiary/aromatic N) is 3. The van der Waals surface area contributed by atoms with Gasteiger partial charge in [0.15, 0.2) is 0 Å². The number of nitriles is 1. The molecule has 0 radical (unpaired) electrons. The van der Waals surface area contributed by atoms with Gasteiger partial charge in [-0.2, -0.15) is 5.26 Å². The zero-order chi connectivity index (χ0) is 15.4. The Bertz CT molecular complexity index is 568. The summed E-state index contributed by atoms with van der Waals surface area (Å²) in [5, 5.41) is 18.4. The summed E-state index contributed by atoms with van der Waals surface area (Å²) in [5.41, 5.74) is 1.28. The lowest BCUT2D eigenvalue weighted by Gasteiger charge is -2.31. The first kappa shape index (κ1) is 15.3. The molecule has 0 spiro atoms. The van der Waals surface area contributed by atoms with Crippen LogP contribution in [0, 0.1) is 24.2 Å². The lowest BCUT2D eigenvalue weighted by Crippen LogP contribution is -2.44. The van der Waals surface area contributed by atoms with E-state index in [-0.39, 0.29) is 12.6 Å². The van der Waals surface area contributed by atoms with Crippen LogP contribution in [0.4, 0.5) is 5.82 Å². The largest absolute Gasteiger partial charge is 0.481 e. The number of ether oxygens (including phenoxy) is 1. The zero-order valence-corrected chi connectivity index (χ0v) is 12.2. The smallest absolute Gasteiger partial charge is 0.311 e. The Hall–Kier alpha value is -2.13. The van der Waals surface area contributed by atoms with Crippen LogP contribution in [0.15, 0.2) is 12.1 Å². The third-order valence-electron chi connectivity index (χ3n) is 3.60. The summed E-state index contributed by atoms with van der Waals surface area (Å²) in [5.74, 6) is -0.772. The van der Waals surface area contributed by atoms with Crippen LogP contribution in [0.5, 0.6) is 0 Å². The molecule has 0 saturated carbocycles. The van der Waals surface area contributed by atoms with Crippen molar-refractivity contribution in [1.29, 1.82) is 5.26 Å². The Morgan fingerprint density at radius 1 is 1.57 bits per heavy atom. The standard InChI is InChI=1S/C15H19N3O3/c1-3-4-18(13-9-21-8-12(13)15(19)20)14-6-11(7-16)5-10(2)17-14/h5-6,12-13H,3-4,8-9H2,1-2H3,(H,19,20). The molecule has 0 amide bonds. The summed E-state index contributed by atoms with van der Waals surface area (Å²) >= 11 is 0. The molecule has 0 bridgehead atoms. The second-order valence-corrected chi connectivity index (χ2v) is 5.21. The predicted octanol–water partition coefficient (Wildman–Crippen LogP) is 1.58. The maximum Gasteiger partial charge on any atom is 0.311 e. The minimum atomic E-state index is -0.855. The number of hydrogen-bond acceptors (Lipinski definition) is 5. The number of rotatable bonds is 5. The Morgan fingerprint density at radius 2 is 2.33 bits per heavy atom. The highest BCUT2D eigenvalue weighted by Gasteiger charge is 2.38. The summed E-state index contributed by atoms with van der Waals surface area (Å²) < 4.78 is 5.35. The fraction of sp³-hybridized carbons (Fsp3) is 0.533. The molecular formula is C15H19N3O3. The number of pyridine rings is 1. The molecule has 2 unspecified atom stereocenters. The minimum absolute atomic E-state index is 0.219. The van der Waals surface area contributed by atoms with Gasteiger partial charge in [-0.15, -0.1) is 0 Å². The maximum absolute atomic E-state index is 11.4. The van der Waals surface area contributed by atoms with Crippen LogP contribution in [0.1, 0.15) is 24.6 Å². The van der Waals surface area contributed by atoms with Gasteiger partial charge < -0.3 is 14.7 Å². The van der Waals surface area contributed by atoms with Gasteiger partial charge in [-0.1, -0.05) is 6.92 Å². The number of carboxylic acids is 1. The van der Waals surface area contributed by atoms with E-state index in [4.69, 9.17) is 10.00 Å². The predicted molar refractivity (Wildman–Crippen MR) is 77.1 cm³/mol. The highest BCUT2D eigenvalue weighted by molar-refractivity contribution is 5.72. The van der Waals surface area contributed by atoms with E-state index in [1.807, 2.05) is 18.7 Å². The lowest BCUT2D eigenvalue weighted by molar-refractivity contribution is -0.141. The molecule has 0 aromatic carbocycles. The number of aliphatic carboxylic acids is 1. The Morgan fingerprint density at radius 3 is 2.95 bits per heavy atom. The molecular weight excluding hydrogens is 270 g/mol. The van der Waals surface area contributed by atoms with Crippen molar-refractivity contribution >= 4 is 11.8 Å². The van der Waals surface area contributed by atoms with Gasteiger partial charge in [0, 0.05) is 12.2 Å². The third kappa shape index (κ3) is 3.31. The number of aromatic nitrogens is 1. The van der Waals surface area contributed by atoms with Crippen molar-refractivity contribution in [3.63, 3.8) is 0 Å². The number of hydrogen-bond donors (Lipinski definition) is 1. The van der Waals surface area contributed by atoms with Gasteiger partial charge in [-0.3, -0.25) is 4.79 Å². The third-order valence-corrected chi connectivity index (χ3v) is 3.60. The van der Waals surface area contributed by atoms with E-state index in [2.05, 4.69) is 11.1 Å². The molecule has 6 nitrogen and oxygen atoms in total. The van der Waals surface area contributed by atoms with E-state index in [1.54, 1.807) is 12.1 Å². The van der Waals surface area contributed by atoms with Crippen molar-refractivity contribution in [3.8, 4) is 6.07 Å². The van der Waals surface area contributed by atoms with E-state index in [0.717, 1.165) is 12.1 Å². The highest BCUT2D eigenvalue weighted by atomic mass is 16.5. The fourth-order valence-corrected chi connectivity index (χ4v) is 2.64. The molecule has 1 aromatic rings. The van der Waals surface area contributed by atoms with E-state index < -0.39 is 11.9 Å². The van der Waals surface area contributed by atoms with Gasteiger partial charge in [0.05, 0.1) is 30.9 Å². The molecule has 0 aliphatic carbocycles. The van der Waals surface area contributed by atoms with Crippen molar-refractivity contribution < 1.29 is 14.6 Å². The molecule has 1 aliphatic heterocycles. The first-order valence-corrected chi connectivity index (χ1v) is 7.02. The van der Waals surface area contributed by atoms with Crippen molar-refractivity contribution in [2.45, 2.75) is 26.3 Å². The van der Waals surface area contributed by atoms with Gasteiger partial charge in [0.25, 0.3) is 0 Å². The first-order chi connectivity index (χ1) is 10.1. The SMILES string of the molecule is CCCN(c1cc(C#N)cc(C)n1)C1COCC1C(=O)O. The van der Waals surface area contributed by atoms with E-state index >= 15 is 0 Å². The Kier molecular flexibility index (Phi) is 4.76. The van der Waals surface area contributed by atoms with E-state index in [0.29, 0.717) is 24.5 Å². The Balaban J connectivity index is 2.37. The van der Waals surface area contributed by atoms with Gasteiger partial charge >= 0.3 is 5.97 Å². The topological polar surface area (TPSA) is 86.5 Å². The number of carbonyl (C=O) groups is 1. The molecule has 1 aliphatic rings. The molecule has 6 heteroatoms. The fourth-order valence-electron chi connectivity index (χ4n) is 2.64. The van der Waals surface area contributed by atoms with Gasteiger partial charge in [0.1, 0.15) is 11.7 Å². The van der Waals surface area contributed by atoms with Gasteiger partial charge in [-0.25, -0.2) is 4.98 Å². The highest BCUT2D eigenvalue weighted by Crippen LogP contribution is 2.26. The molecule has 2 rings (SSSR count). The Labute approximate surface area is 124 Å². The second-order valence-electron chi connectivity index (χ2n) is 5.21. The van der Waals surface area contributed by atoms with Crippen LogP contribution < -0.4 is 4.90 Å². The molecule has 1 aromatic heterocycles. The molecule has 2 atom stereocenters. The molecule has 21 heavy (non-hydrogen) atoms. The summed E-state index contributed by atoms with van der Waals surface area (Å²) in [6.07, 6.45) is 0.861. The van der Waals surface area contributed by atoms with Crippen molar-refractivity contribution in [3.05, 3.63) is 23.4 Å². The maximum atomic E-state index is 11.4.